The minimum absolute atomic E-state index is 0.174. The first-order valence-corrected chi connectivity index (χ1v) is 5.36. The molecule has 2 fully saturated rings. The second-order valence-corrected chi connectivity index (χ2v) is 4.63. The molecule has 2 heteroatoms. The van der Waals surface area contributed by atoms with E-state index in [1.165, 1.54) is 0 Å². The van der Waals surface area contributed by atoms with Crippen molar-refractivity contribution >= 4 is 5.97 Å². The lowest BCUT2D eigenvalue weighted by Gasteiger charge is -2.27. The Labute approximate surface area is 96.0 Å². The Morgan fingerprint density at radius 1 is 1.31 bits per heavy atom. The number of esters is 1. The second-order valence-electron chi connectivity index (χ2n) is 4.63. The van der Waals surface area contributed by atoms with Crippen molar-refractivity contribution in [2.45, 2.75) is 19.4 Å². The quantitative estimate of drug-likeness (QED) is 0.403. The molecule has 0 amide bonds. The van der Waals surface area contributed by atoms with Crippen LogP contribution >= 0.6 is 0 Å². The highest BCUT2D eigenvalue weighted by Gasteiger charge is 2.49. The van der Waals surface area contributed by atoms with E-state index in [9.17, 15) is 4.79 Å². The fraction of sp³-hybridized carbons (Fsp3) is 0.357. The van der Waals surface area contributed by atoms with Crippen molar-refractivity contribution in [1.82, 2.24) is 0 Å². The second kappa shape index (κ2) is 3.48. The summed E-state index contributed by atoms with van der Waals surface area (Å²) in [6, 6.07) is 0. The van der Waals surface area contributed by atoms with Gasteiger partial charge in [-0.15, -0.1) is 0 Å². The van der Waals surface area contributed by atoms with Crippen LogP contribution in [0, 0.1) is 11.8 Å². The molecular formula is C14H16O2. The maximum atomic E-state index is 11.5. The zero-order chi connectivity index (χ0) is 12.0. The number of carbonyl (C=O) groups is 1. The Balaban J connectivity index is 2.17. The first-order chi connectivity index (χ1) is 7.43. The van der Waals surface area contributed by atoms with Crippen LogP contribution in [0.1, 0.15) is 13.3 Å². The molecule has 3 atom stereocenters. The Morgan fingerprint density at radius 2 is 1.94 bits per heavy atom. The van der Waals surface area contributed by atoms with Crippen LogP contribution in [-0.2, 0) is 9.53 Å². The standard InChI is InChI=1S/C14H16O2/c1-7(2)14(15)16-13-10(5)11-6-12(13)9(4)8(11)3/h11-13H,1,3-6H2,2H3. The molecule has 0 heterocycles. The van der Waals surface area contributed by atoms with Crippen LogP contribution in [0.15, 0.2) is 48.6 Å². The molecular weight excluding hydrogens is 200 g/mol. The van der Waals surface area contributed by atoms with Crippen molar-refractivity contribution in [1.29, 1.82) is 0 Å². The Bertz CT molecular complexity index is 428. The topological polar surface area (TPSA) is 26.3 Å². The van der Waals surface area contributed by atoms with Crippen molar-refractivity contribution in [3.63, 3.8) is 0 Å². The van der Waals surface area contributed by atoms with Gasteiger partial charge in [0.2, 0.25) is 0 Å². The summed E-state index contributed by atoms with van der Waals surface area (Å²) in [5, 5.41) is 0. The molecule has 0 aliphatic heterocycles. The van der Waals surface area contributed by atoms with Crippen molar-refractivity contribution in [2.75, 3.05) is 0 Å². The van der Waals surface area contributed by atoms with Gasteiger partial charge >= 0.3 is 5.97 Å². The summed E-state index contributed by atoms with van der Waals surface area (Å²) in [5.41, 5.74) is 3.44. The number of fused-ring (bicyclic) bond motifs is 2. The summed E-state index contributed by atoms with van der Waals surface area (Å²) in [4.78, 5) is 11.5. The summed E-state index contributed by atoms with van der Waals surface area (Å²) >= 11 is 0. The van der Waals surface area contributed by atoms with E-state index in [0.29, 0.717) is 5.57 Å². The number of rotatable bonds is 2. The van der Waals surface area contributed by atoms with Gasteiger partial charge in [-0.2, -0.15) is 0 Å². The first-order valence-electron chi connectivity index (χ1n) is 5.36. The van der Waals surface area contributed by atoms with E-state index in [1.807, 2.05) is 0 Å². The van der Waals surface area contributed by atoms with E-state index in [2.05, 4.69) is 26.3 Å². The summed E-state index contributed by atoms with van der Waals surface area (Å²) in [6.45, 7) is 17.2. The van der Waals surface area contributed by atoms with E-state index < -0.39 is 0 Å². The van der Waals surface area contributed by atoms with Gasteiger partial charge in [0.1, 0.15) is 6.10 Å². The smallest absolute Gasteiger partial charge is 0.333 e. The van der Waals surface area contributed by atoms with E-state index in [4.69, 9.17) is 4.74 Å². The van der Waals surface area contributed by atoms with Gasteiger partial charge in [0.25, 0.3) is 0 Å². The highest BCUT2D eigenvalue weighted by molar-refractivity contribution is 5.87. The zero-order valence-corrected chi connectivity index (χ0v) is 9.58. The summed E-state index contributed by atoms with van der Waals surface area (Å²) < 4.78 is 5.40. The lowest BCUT2D eigenvalue weighted by molar-refractivity contribution is -0.143. The van der Waals surface area contributed by atoms with Gasteiger partial charge in [0.05, 0.1) is 0 Å². The minimum atomic E-state index is -0.350. The van der Waals surface area contributed by atoms with Crippen LogP contribution < -0.4 is 0 Å². The zero-order valence-electron chi connectivity index (χ0n) is 9.58. The average Bonchev–Trinajstić information content (AvgIpc) is 2.67. The molecule has 2 saturated carbocycles. The minimum Gasteiger partial charge on any atom is -0.454 e. The normalized spacial score (nSPS) is 32.1. The molecule has 0 aromatic rings. The first kappa shape index (κ1) is 10.9. The van der Waals surface area contributed by atoms with E-state index in [-0.39, 0.29) is 23.9 Å². The molecule has 2 nitrogen and oxygen atoms in total. The van der Waals surface area contributed by atoms with Crippen molar-refractivity contribution in [3.05, 3.63) is 48.6 Å². The van der Waals surface area contributed by atoms with Crippen molar-refractivity contribution < 1.29 is 9.53 Å². The number of hydrogen-bond acceptors (Lipinski definition) is 2. The molecule has 0 spiro atoms. The molecule has 0 saturated heterocycles. The lowest BCUT2D eigenvalue weighted by atomic mass is 9.86. The van der Waals surface area contributed by atoms with Gasteiger partial charge in [0, 0.05) is 17.4 Å². The summed E-state index contributed by atoms with van der Waals surface area (Å²) in [7, 11) is 0. The largest absolute Gasteiger partial charge is 0.454 e. The summed E-state index contributed by atoms with van der Waals surface area (Å²) in [6.07, 6.45) is 0.706. The number of ether oxygens (including phenoxy) is 1. The Morgan fingerprint density at radius 3 is 2.44 bits per heavy atom. The fourth-order valence-corrected chi connectivity index (χ4v) is 2.51. The van der Waals surface area contributed by atoms with Gasteiger partial charge < -0.3 is 4.74 Å². The third-order valence-electron chi connectivity index (χ3n) is 3.53. The third-order valence-corrected chi connectivity index (χ3v) is 3.53. The van der Waals surface area contributed by atoms with Gasteiger partial charge in [-0.1, -0.05) is 26.3 Å². The van der Waals surface area contributed by atoms with Gasteiger partial charge in [-0.3, -0.25) is 0 Å². The highest BCUT2D eigenvalue weighted by atomic mass is 16.5. The molecule has 84 valence electrons. The van der Waals surface area contributed by atoms with Gasteiger partial charge in [-0.05, 0) is 30.1 Å². The molecule has 2 bridgehead atoms. The molecule has 3 unspecified atom stereocenters. The molecule has 2 rings (SSSR count). The molecule has 0 N–H and O–H groups in total. The SMILES string of the molecule is C=C(C)C(=O)OC1C(=C)C2CC1C(=C)C2=C. The average molecular weight is 216 g/mol. The van der Waals surface area contributed by atoms with E-state index in [1.54, 1.807) is 6.92 Å². The van der Waals surface area contributed by atoms with Gasteiger partial charge in [-0.25, -0.2) is 4.79 Å². The number of carbonyl (C=O) groups excluding carboxylic acids is 1. The van der Waals surface area contributed by atoms with E-state index >= 15 is 0 Å². The number of allylic oxidation sites excluding steroid dienone is 1. The van der Waals surface area contributed by atoms with E-state index in [0.717, 1.165) is 23.1 Å². The maximum absolute atomic E-state index is 11.5. The molecule has 0 aromatic carbocycles. The molecule has 2 aliphatic carbocycles. The van der Waals surface area contributed by atoms with Crippen LogP contribution in [0.2, 0.25) is 0 Å². The predicted octanol–water partition coefficient (Wildman–Crippen LogP) is 2.79. The maximum Gasteiger partial charge on any atom is 0.333 e. The van der Waals surface area contributed by atoms with Crippen LogP contribution in [0.25, 0.3) is 0 Å². The van der Waals surface area contributed by atoms with Crippen molar-refractivity contribution in [2.24, 2.45) is 11.8 Å². The van der Waals surface area contributed by atoms with Crippen molar-refractivity contribution in [3.8, 4) is 0 Å². The monoisotopic (exact) mass is 216 g/mol. The van der Waals surface area contributed by atoms with Crippen LogP contribution in [0.5, 0.6) is 0 Å². The molecule has 2 aliphatic rings. The lowest BCUT2D eigenvalue weighted by Crippen LogP contribution is -2.27. The predicted molar refractivity (Wildman–Crippen MR) is 63.7 cm³/mol. The van der Waals surface area contributed by atoms with Crippen LogP contribution in [0.4, 0.5) is 0 Å². The van der Waals surface area contributed by atoms with Crippen LogP contribution in [0.3, 0.4) is 0 Å². The molecule has 16 heavy (non-hydrogen) atoms. The summed E-state index contributed by atoms with van der Waals surface area (Å²) in [5.74, 6) is 0.0748. The Kier molecular flexibility index (Phi) is 2.38. The Hall–Kier alpha value is -1.57. The molecule has 0 aromatic heterocycles. The number of hydrogen-bond donors (Lipinski definition) is 0. The fourth-order valence-electron chi connectivity index (χ4n) is 2.51. The third kappa shape index (κ3) is 1.37. The van der Waals surface area contributed by atoms with Crippen LogP contribution in [-0.4, -0.2) is 12.1 Å². The van der Waals surface area contributed by atoms with Gasteiger partial charge in [0.15, 0.2) is 0 Å². The molecule has 0 radical (unpaired) electrons. The highest BCUT2D eigenvalue weighted by Crippen LogP contribution is 2.53.